The van der Waals surface area contributed by atoms with Gasteiger partial charge in [0.05, 0.1) is 5.56 Å². The van der Waals surface area contributed by atoms with Crippen LogP contribution in [0.1, 0.15) is 10.4 Å². The summed E-state index contributed by atoms with van der Waals surface area (Å²) < 4.78 is 2.77. The molecule has 0 spiro atoms. The van der Waals surface area contributed by atoms with Crippen molar-refractivity contribution in [1.82, 2.24) is 5.48 Å². The van der Waals surface area contributed by atoms with Crippen LogP contribution in [0.15, 0.2) is 12.1 Å². The van der Waals surface area contributed by atoms with Gasteiger partial charge >= 0.3 is 0 Å². The number of nitrogens with two attached hydrogens (primary N) is 1. The molecule has 0 fully saturated rings. The van der Waals surface area contributed by atoms with Crippen molar-refractivity contribution < 1.29 is 14.4 Å². The third-order valence-corrected chi connectivity index (χ3v) is 5.28. The summed E-state index contributed by atoms with van der Waals surface area (Å²) in [7, 11) is 0. The molecule has 5 nitrogen and oxygen atoms in total. The number of carbonyl (C=O) groups excluding carboxylic acids is 2. The van der Waals surface area contributed by atoms with E-state index >= 15 is 0 Å². The summed E-state index contributed by atoms with van der Waals surface area (Å²) in [5.74, 6) is -1.04. The molecule has 1 aromatic rings. The number of hydrogen-bond acceptors (Lipinski definition) is 3. The van der Waals surface area contributed by atoms with E-state index in [0.29, 0.717) is 5.56 Å². The number of benzene rings is 1. The zero-order chi connectivity index (χ0) is 13.0. The van der Waals surface area contributed by atoms with Gasteiger partial charge in [-0.1, -0.05) is 0 Å². The fourth-order valence-electron chi connectivity index (χ4n) is 0.949. The lowest BCUT2D eigenvalue weighted by molar-refractivity contribution is -0.124. The highest BCUT2D eigenvalue weighted by Gasteiger charge is 2.13. The van der Waals surface area contributed by atoms with Crippen LogP contribution in [-0.2, 0) is 9.63 Å². The van der Waals surface area contributed by atoms with Crippen LogP contribution in [0.5, 0.6) is 0 Å². The predicted molar refractivity (Wildman–Crippen MR) is 87.2 cm³/mol. The molecule has 0 atom stereocenters. The average molecular weight is 572 g/mol. The Morgan fingerprint density at radius 1 is 1.29 bits per heavy atom. The zero-order valence-corrected chi connectivity index (χ0v) is 14.8. The lowest BCUT2D eigenvalue weighted by Crippen LogP contribution is -2.30. The van der Waals surface area contributed by atoms with Gasteiger partial charge in [-0.15, -0.1) is 0 Å². The predicted octanol–water partition coefficient (Wildman–Crippen LogP) is 1.65. The molecule has 92 valence electrons. The summed E-state index contributed by atoms with van der Waals surface area (Å²) >= 11 is 6.36. The van der Waals surface area contributed by atoms with Crippen molar-refractivity contribution in [2.75, 3.05) is 6.61 Å². The Morgan fingerprint density at radius 3 is 2.53 bits per heavy atom. The average Bonchev–Trinajstić information content (AvgIpc) is 2.22. The number of hydrogen-bond donors (Lipinski definition) is 2. The van der Waals surface area contributed by atoms with Crippen LogP contribution in [0.4, 0.5) is 0 Å². The monoisotopic (exact) mass is 572 g/mol. The maximum absolute atomic E-state index is 11.8. The van der Waals surface area contributed by atoms with E-state index in [1.807, 2.05) is 6.07 Å². The van der Waals surface area contributed by atoms with E-state index in [1.165, 1.54) is 0 Å². The highest BCUT2D eigenvalue weighted by Crippen LogP contribution is 2.22. The van der Waals surface area contributed by atoms with E-state index < -0.39 is 11.8 Å². The minimum absolute atomic E-state index is 0.344. The van der Waals surface area contributed by atoms with Crippen molar-refractivity contribution in [3.63, 3.8) is 0 Å². The molecular formula is C9H7I3N2O3. The molecule has 2 amide bonds. The van der Waals surface area contributed by atoms with Gasteiger partial charge in [-0.05, 0) is 79.9 Å². The smallest absolute Gasteiger partial charge is 0.276 e. The molecule has 1 aromatic carbocycles. The molecule has 0 saturated carbocycles. The summed E-state index contributed by atoms with van der Waals surface area (Å²) in [6.07, 6.45) is 0. The van der Waals surface area contributed by atoms with Crippen molar-refractivity contribution >= 4 is 79.6 Å². The van der Waals surface area contributed by atoms with Crippen molar-refractivity contribution in [2.24, 2.45) is 5.73 Å². The highest BCUT2D eigenvalue weighted by molar-refractivity contribution is 14.1. The fourth-order valence-corrected chi connectivity index (χ4v) is 3.35. The van der Waals surface area contributed by atoms with Crippen molar-refractivity contribution in [3.8, 4) is 0 Å². The molecule has 0 heterocycles. The van der Waals surface area contributed by atoms with Gasteiger partial charge in [-0.2, -0.15) is 0 Å². The minimum atomic E-state index is -0.641. The Kier molecular flexibility index (Phi) is 6.36. The first-order valence-electron chi connectivity index (χ1n) is 4.26. The topological polar surface area (TPSA) is 81.4 Å². The molecule has 0 aliphatic heterocycles. The maximum Gasteiger partial charge on any atom is 0.276 e. The largest absolute Gasteiger partial charge is 0.368 e. The Bertz CT molecular complexity index is 465. The molecule has 0 aliphatic carbocycles. The van der Waals surface area contributed by atoms with Crippen LogP contribution in [0, 0.1) is 10.7 Å². The Morgan fingerprint density at radius 2 is 1.94 bits per heavy atom. The van der Waals surface area contributed by atoms with Gasteiger partial charge in [0.15, 0.2) is 6.61 Å². The fraction of sp³-hybridized carbons (Fsp3) is 0.111. The van der Waals surface area contributed by atoms with E-state index in [0.717, 1.165) is 10.7 Å². The van der Waals surface area contributed by atoms with Crippen LogP contribution in [0.3, 0.4) is 0 Å². The Hall–Kier alpha value is 0.310. The number of amides is 2. The number of nitrogens with one attached hydrogen (secondary N) is 1. The number of hydroxylamine groups is 1. The second-order valence-corrected chi connectivity index (χ2v) is 6.42. The van der Waals surface area contributed by atoms with E-state index in [9.17, 15) is 9.59 Å². The van der Waals surface area contributed by atoms with Gasteiger partial charge in [0.1, 0.15) is 0 Å². The van der Waals surface area contributed by atoms with Gasteiger partial charge in [0.2, 0.25) is 5.91 Å². The summed E-state index contributed by atoms with van der Waals surface area (Å²) in [5.41, 5.74) is 7.56. The Labute approximate surface area is 139 Å². The van der Waals surface area contributed by atoms with Gasteiger partial charge in [-0.3, -0.25) is 14.4 Å². The first-order chi connectivity index (χ1) is 7.91. The van der Waals surface area contributed by atoms with E-state index in [-0.39, 0.29) is 6.61 Å². The van der Waals surface area contributed by atoms with E-state index in [2.05, 4.69) is 78.1 Å². The highest BCUT2D eigenvalue weighted by atomic mass is 127. The quantitative estimate of drug-likeness (QED) is 0.328. The zero-order valence-electron chi connectivity index (χ0n) is 8.30. The third-order valence-electron chi connectivity index (χ3n) is 1.62. The van der Waals surface area contributed by atoms with E-state index in [1.54, 1.807) is 6.07 Å². The first-order valence-corrected chi connectivity index (χ1v) is 7.50. The molecule has 0 saturated heterocycles. The third kappa shape index (κ3) is 4.82. The van der Waals surface area contributed by atoms with Gasteiger partial charge in [0, 0.05) is 10.7 Å². The maximum atomic E-state index is 11.8. The summed E-state index contributed by atoms with van der Waals surface area (Å²) in [6, 6.07) is 3.71. The van der Waals surface area contributed by atoms with Crippen LogP contribution >= 0.6 is 67.8 Å². The lowest BCUT2D eigenvalue weighted by atomic mass is 10.2. The number of carbonyl (C=O) groups is 2. The molecule has 17 heavy (non-hydrogen) atoms. The molecule has 0 radical (unpaired) electrons. The molecule has 0 bridgehead atoms. The summed E-state index contributed by atoms with van der Waals surface area (Å²) in [5, 5.41) is 0. The van der Waals surface area contributed by atoms with Crippen LogP contribution in [-0.4, -0.2) is 18.4 Å². The summed E-state index contributed by atoms with van der Waals surface area (Å²) in [4.78, 5) is 26.8. The summed E-state index contributed by atoms with van der Waals surface area (Å²) in [6.45, 7) is -0.344. The molecule has 3 N–H and O–H groups in total. The molecule has 0 unspecified atom stereocenters. The standard InChI is InChI=1S/C9H7I3N2O3/c10-4-1-5(8(12)6(11)2-4)9(16)14-17-3-7(13)15/h1-2H,3H2,(H2,13,15)(H,14,16). The van der Waals surface area contributed by atoms with E-state index in [4.69, 9.17) is 5.73 Å². The normalized spacial score (nSPS) is 10.1. The Balaban J connectivity index is 2.78. The van der Waals surface area contributed by atoms with Crippen LogP contribution < -0.4 is 11.2 Å². The molecule has 0 aromatic heterocycles. The molecule has 0 aliphatic rings. The number of primary amides is 1. The van der Waals surface area contributed by atoms with Crippen LogP contribution in [0.2, 0.25) is 0 Å². The lowest BCUT2D eigenvalue weighted by Gasteiger charge is -2.08. The SMILES string of the molecule is NC(=O)CONC(=O)c1cc(I)cc(I)c1I. The van der Waals surface area contributed by atoms with Gasteiger partial charge in [-0.25, -0.2) is 5.48 Å². The minimum Gasteiger partial charge on any atom is -0.368 e. The molecular weight excluding hydrogens is 565 g/mol. The molecule has 1 rings (SSSR count). The van der Waals surface area contributed by atoms with Gasteiger partial charge < -0.3 is 5.73 Å². The first kappa shape index (κ1) is 15.4. The second-order valence-electron chi connectivity index (χ2n) is 2.94. The number of halogens is 3. The van der Waals surface area contributed by atoms with Crippen LogP contribution in [0.25, 0.3) is 0 Å². The van der Waals surface area contributed by atoms with Crippen molar-refractivity contribution in [3.05, 3.63) is 28.4 Å². The van der Waals surface area contributed by atoms with Crippen molar-refractivity contribution in [2.45, 2.75) is 0 Å². The number of rotatable bonds is 4. The molecule has 8 heteroatoms. The van der Waals surface area contributed by atoms with Gasteiger partial charge in [0.25, 0.3) is 5.91 Å². The van der Waals surface area contributed by atoms with Crippen molar-refractivity contribution in [1.29, 1.82) is 0 Å². The second kappa shape index (κ2) is 7.04.